The van der Waals surface area contributed by atoms with E-state index in [4.69, 9.17) is 0 Å². The normalized spacial score (nSPS) is 14.8. The molecule has 0 spiro atoms. The fourth-order valence-electron chi connectivity index (χ4n) is 4.58. The number of fused-ring (bicyclic) bond motifs is 1. The summed E-state index contributed by atoms with van der Waals surface area (Å²) in [5, 5.41) is 0. The predicted molar refractivity (Wildman–Crippen MR) is 130 cm³/mol. The summed E-state index contributed by atoms with van der Waals surface area (Å²) in [6.07, 6.45) is 3.46. The van der Waals surface area contributed by atoms with Gasteiger partial charge in [-0.15, -0.1) is 0 Å². The van der Waals surface area contributed by atoms with Gasteiger partial charge in [0.15, 0.2) is 0 Å². The zero-order chi connectivity index (χ0) is 21.9. The van der Waals surface area contributed by atoms with Gasteiger partial charge in [-0.05, 0) is 81.0 Å². The topological polar surface area (TPSA) is 0 Å². The Morgan fingerprint density at radius 3 is 1.62 bits per heavy atom. The molecule has 1 aliphatic carbocycles. The highest BCUT2D eigenvalue weighted by Gasteiger charge is 2.27. The smallest absolute Gasteiger partial charge is 0.00543 e. The molecule has 0 aliphatic heterocycles. The van der Waals surface area contributed by atoms with E-state index in [9.17, 15) is 0 Å². The van der Waals surface area contributed by atoms with Gasteiger partial charge in [0.05, 0.1) is 0 Å². The second-order valence-corrected chi connectivity index (χ2v) is 12.2. The highest BCUT2D eigenvalue weighted by Crippen LogP contribution is 2.43. The van der Waals surface area contributed by atoms with Crippen LogP contribution in [0.1, 0.15) is 103 Å². The quantitative estimate of drug-likeness (QED) is 0.459. The maximum absolute atomic E-state index is 2.46. The van der Waals surface area contributed by atoms with Crippen molar-refractivity contribution in [3.8, 4) is 11.1 Å². The monoisotopic (exact) mass is 388 g/mol. The van der Waals surface area contributed by atoms with Crippen LogP contribution >= 0.6 is 0 Å². The molecular formula is C29H40. The van der Waals surface area contributed by atoms with Gasteiger partial charge in [-0.25, -0.2) is 0 Å². The van der Waals surface area contributed by atoms with Gasteiger partial charge in [0, 0.05) is 0 Å². The van der Waals surface area contributed by atoms with Crippen molar-refractivity contribution in [3.05, 3.63) is 63.2 Å². The molecule has 0 radical (unpaired) electrons. The lowest BCUT2D eigenvalue weighted by atomic mass is 9.75. The van der Waals surface area contributed by atoms with Crippen LogP contribution in [0.4, 0.5) is 0 Å². The molecule has 0 fully saturated rings. The first-order chi connectivity index (χ1) is 13.1. The summed E-state index contributed by atoms with van der Waals surface area (Å²) >= 11 is 0. The molecule has 2 aromatic carbocycles. The Morgan fingerprint density at radius 1 is 0.655 bits per heavy atom. The van der Waals surface area contributed by atoms with Crippen LogP contribution in [0.2, 0.25) is 0 Å². The van der Waals surface area contributed by atoms with Crippen molar-refractivity contribution < 1.29 is 0 Å². The fourth-order valence-corrected chi connectivity index (χ4v) is 4.58. The molecule has 0 aromatic heterocycles. The minimum atomic E-state index is 0.128. The molecular weight excluding hydrogens is 348 g/mol. The molecule has 2 aromatic rings. The van der Waals surface area contributed by atoms with Gasteiger partial charge in [0.25, 0.3) is 0 Å². The minimum absolute atomic E-state index is 0.128. The lowest BCUT2D eigenvalue weighted by Crippen LogP contribution is -2.17. The minimum Gasteiger partial charge on any atom is -0.0683 e. The fraction of sp³-hybridized carbons (Fsp3) is 0.517. The number of benzene rings is 2. The summed E-state index contributed by atoms with van der Waals surface area (Å²) in [7, 11) is 0. The van der Waals surface area contributed by atoms with Crippen molar-refractivity contribution in [2.45, 2.75) is 98.8 Å². The summed E-state index contributed by atoms with van der Waals surface area (Å²) < 4.78 is 0. The van der Waals surface area contributed by atoms with E-state index in [2.05, 4.69) is 107 Å². The zero-order valence-corrected chi connectivity index (χ0v) is 20.6. The molecule has 0 bridgehead atoms. The number of rotatable bonds is 1. The van der Waals surface area contributed by atoms with Crippen molar-refractivity contribution in [1.82, 2.24) is 0 Å². The van der Waals surface area contributed by atoms with Crippen molar-refractivity contribution in [3.63, 3.8) is 0 Å². The highest BCUT2D eigenvalue weighted by molar-refractivity contribution is 5.82. The molecule has 156 valence electrons. The average Bonchev–Trinajstić information content (AvgIpc) is 2.91. The lowest BCUT2D eigenvalue weighted by Gasteiger charge is -2.29. The summed E-state index contributed by atoms with van der Waals surface area (Å²) in [6.45, 7) is 25.6. The van der Waals surface area contributed by atoms with Crippen LogP contribution in [0, 0.1) is 6.92 Å². The van der Waals surface area contributed by atoms with Gasteiger partial charge in [0.2, 0.25) is 0 Å². The molecule has 0 nitrogen and oxygen atoms in total. The Kier molecular flexibility index (Phi) is 5.18. The van der Waals surface area contributed by atoms with Crippen LogP contribution in [0.15, 0.2) is 29.8 Å². The van der Waals surface area contributed by atoms with Crippen molar-refractivity contribution in [2.75, 3.05) is 0 Å². The van der Waals surface area contributed by atoms with Crippen LogP contribution in [0.3, 0.4) is 0 Å². The van der Waals surface area contributed by atoms with Gasteiger partial charge in [0.1, 0.15) is 0 Å². The first-order valence-corrected chi connectivity index (χ1v) is 11.1. The van der Waals surface area contributed by atoms with Crippen molar-refractivity contribution in [1.29, 1.82) is 0 Å². The Bertz CT molecular complexity index is 944. The van der Waals surface area contributed by atoms with E-state index >= 15 is 0 Å². The Hall–Kier alpha value is -1.82. The first-order valence-electron chi connectivity index (χ1n) is 11.1. The predicted octanol–water partition coefficient (Wildman–Crippen LogP) is 8.51. The molecule has 0 saturated carbocycles. The third-order valence-electron chi connectivity index (χ3n) is 6.35. The third-order valence-corrected chi connectivity index (χ3v) is 6.35. The van der Waals surface area contributed by atoms with Crippen LogP contribution in [0.5, 0.6) is 0 Å². The molecule has 0 saturated heterocycles. The van der Waals surface area contributed by atoms with Gasteiger partial charge in [-0.1, -0.05) is 98.2 Å². The molecule has 29 heavy (non-hydrogen) atoms. The van der Waals surface area contributed by atoms with Gasteiger partial charge >= 0.3 is 0 Å². The zero-order valence-electron chi connectivity index (χ0n) is 20.6. The van der Waals surface area contributed by atoms with E-state index in [0.717, 1.165) is 6.42 Å². The Balaban J connectivity index is 2.39. The van der Waals surface area contributed by atoms with Crippen molar-refractivity contribution >= 4 is 6.08 Å². The molecule has 0 heterocycles. The lowest BCUT2D eigenvalue weighted by molar-refractivity contribution is 0.569. The summed E-state index contributed by atoms with van der Waals surface area (Å²) in [4.78, 5) is 0. The maximum Gasteiger partial charge on any atom is -0.00543 e. The molecule has 0 N–H and O–H groups in total. The SMILES string of the molecule is CC1=Cc2cc(C(C)(C)C)c(C)c(-c3cc(C(C)(C)C)cc(C(C)(C)C)c3)c2C1. The second kappa shape index (κ2) is 6.86. The Labute approximate surface area is 179 Å². The molecule has 0 amide bonds. The molecule has 0 heteroatoms. The highest BCUT2D eigenvalue weighted by atomic mass is 14.3. The van der Waals surface area contributed by atoms with Crippen LogP contribution < -0.4 is 0 Å². The van der Waals surface area contributed by atoms with Gasteiger partial charge in [-0.2, -0.15) is 0 Å². The van der Waals surface area contributed by atoms with Crippen LogP contribution in [-0.4, -0.2) is 0 Å². The molecule has 1 aliphatic rings. The Morgan fingerprint density at radius 2 is 1.17 bits per heavy atom. The molecule has 0 unspecified atom stereocenters. The van der Waals surface area contributed by atoms with Gasteiger partial charge in [-0.3, -0.25) is 0 Å². The molecule has 0 atom stereocenters. The first kappa shape index (κ1) is 21.9. The standard InChI is InChI=1S/C29H40/c1-18-12-20-16-25(29(9,10)11)19(2)26(24(20)13-18)21-14-22(27(3,4)5)17-23(15-21)28(6,7)8/h12,14-17H,13H2,1-11H3. The summed E-state index contributed by atoms with van der Waals surface area (Å²) in [6, 6.07) is 9.79. The van der Waals surface area contributed by atoms with E-state index < -0.39 is 0 Å². The second-order valence-electron chi connectivity index (χ2n) is 12.2. The summed E-state index contributed by atoms with van der Waals surface area (Å²) in [5.41, 5.74) is 13.4. The average molecular weight is 389 g/mol. The van der Waals surface area contributed by atoms with Gasteiger partial charge < -0.3 is 0 Å². The number of hydrogen-bond donors (Lipinski definition) is 0. The van der Waals surface area contributed by atoms with E-state index in [0.29, 0.717) is 0 Å². The van der Waals surface area contributed by atoms with E-state index in [1.54, 1.807) is 0 Å². The maximum atomic E-state index is 2.46. The van der Waals surface area contributed by atoms with Crippen molar-refractivity contribution in [2.24, 2.45) is 0 Å². The van der Waals surface area contributed by atoms with E-state index in [1.165, 1.54) is 50.1 Å². The van der Waals surface area contributed by atoms with Crippen LogP contribution in [-0.2, 0) is 22.7 Å². The third kappa shape index (κ3) is 4.23. The number of allylic oxidation sites excluding steroid dienone is 1. The summed E-state index contributed by atoms with van der Waals surface area (Å²) in [5.74, 6) is 0. The van der Waals surface area contributed by atoms with E-state index in [-0.39, 0.29) is 16.2 Å². The number of hydrogen-bond acceptors (Lipinski definition) is 0. The van der Waals surface area contributed by atoms with Crippen LogP contribution in [0.25, 0.3) is 17.2 Å². The molecule has 3 rings (SSSR count). The largest absolute Gasteiger partial charge is 0.0683 e. The van der Waals surface area contributed by atoms with E-state index in [1.807, 2.05) is 0 Å².